The quantitative estimate of drug-likeness (QED) is 0.309. The van der Waals surface area contributed by atoms with Crippen molar-refractivity contribution in [1.29, 1.82) is 0 Å². The Hall–Kier alpha value is -3.25. The van der Waals surface area contributed by atoms with E-state index < -0.39 is 11.8 Å². The molecule has 3 aromatic carbocycles. The molecule has 0 unspecified atom stereocenters. The third-order valence-electron chi connectivity index (χ3n) is 4.21. The Labute approximate surface area is 167 Å². The monoisotopic (exact) mass is 438 g/mol. The van der Waals surface area contributed by atoms with Crippen LogP contribution < -0.4 is 10.2 Å². The van der Waals surface area contributed by atoms with E-state index in [0.717, 1.165) is 10.0 Å². The second kappa shape index (κ2) is 7.40. The van der Waals surface area contributed by atoms with Crippen molar-refractivity contribution in [3.63, 3.8) is 0 Å². The molecule has 0 atom stereocenters. The predicted molar refractivity (Wildman–Crippen MR) is 107 cm³/mol. The molecule has 0 fully saturated rings. The van der Waals surface area contributed by atoms with Crippen LogP contribution in [0.2, 0.25) is 0 Å². The molecule has 4 rings (SSSR count). The molecule has 0 aliphatic rings. The number of hydrogen-bond acceptors (Lipinski definition) is 4. The van der Waals surface area contributed by atoms with Crippen LogP contribution in [0.5, 0.6) is 5.75 Å². The van der Waals surface area contributed by atoms with E-state index in [0.29, 0.717) is 10.9 Å². The molecule has 1 aromatic heterocycles. The lowest BCUT2D eigenvalue weighted by Gasteiger charge is -2.07. The average Bonchev–Trinajstić information content (AvgIpc) is 2.69. The smallest absolute Gasteiger partial charge is 0.346 e. The predicted octanol–water partition coefficient (Wildman–Crippen LogP) is 5.58. The first-order valence-corrected chi connectivity index (χ1v) is 9.10. The Morgan fingerprint density at radius 1 is 1.00 bits per heavy atom. The first-order chi connectivity index (χ1) is 13.5. The minimum atomic E-state index is -0.828. The van der Waals surface area contributed by atoms with E-state index in [2.05, 4.69) is 15.9 Å². The average molecular weight is 439 g/mol. The first kappa shape index (κ1) is 18.1. The van der Waals surface area contributed by atoms with Gasteiger partial charge in [0.2, 0.25) is 0 Å². The third-order valence-corrected chi connectivity index (χ3v) is 4.73. The topological polar surface area (TPSA) is 56.5 Å². The Morgan fingerprint density at radius 3 is 2.50 bits per heavy atom. The summed E-state index contributed by atoms with van der Waals surface area (Å²) < 4.78 is 25.4. The van der Waals surface area contributed by atoms with Gasteiger partial charge in [-0.3, -0.25) is 4.79 Å². The lowest BCUT2D eigenvalue weighted by atomic mass is 10.1. The normalized spacial score (nSPS) is 10.8. The molecule has 0 spiro atoms. The van der Waals surface area contributed by atoms with Gasteiger partial charge in [-0.25, -0.2) is 9.18 Å². The van der Waals surface area contributed by atoms with Crippen LogP contribution in [0.25, 0.3) is 22.1 Å². The number of ether oxygens (including phenoxy) is 1. The molecule has 0 radical (unpaired) electrons. The Kier molecular flexibility index (Phi) is 4.79. The number of rotatable bonds is 3. The molecule has 0 aliphatic carbocycles. The third kappa shape index (κ3) is 3.46. The van der Waals surface area contributed by atoms with Crippen LogP contribution in [-0.4, -0.2) is 5.97 Å². The van der Waals surface area contributed by atoms with Crippen molar-refractivity contribution in [1.82, 2.24) is 0 Å². The molecule has 4 aromatic rings. The number of carbonyl (C=O) groups excluding carboxylic acids is 1. The molecule has 138 valence electrons. The van der Waals surface area contributed by atoms with E-state index in [4.69, 9.17) is 9.15 Å². The van der Waals surface area contributed by atoms with Gasteiger partial charge in [0.05, 0.1) is 16.5 Å². The number of esters is 1. The van der Waals surface area contributed by atoms with Crippen molar-refractivity contribution in [3.05, 3.63) is 99.1 Å². The van der Waals surface area contributed by atoms with Crippen molar-refractivity contribution < 1.29 is 18.3 Å². The van der Waals surface area contributed by atoms with Crippen LogP contribution in [0.4, 0.5) is 4.39 Å². The van der Waals surface area contributed by atoms with E-state index in [9.17, 15) is 14.0 Å². The van der Waals surface area contributed by atoms with Gasteiger partial charge in [-0.2, -0.15) is 0 Å². The molecule has 0 saturated carbocycles. The zero-order valence-electron chi connectivity index (χ0n) is 14.3. The highest BCUT2D eigenvalue weighted by molar-refractivity contribution is 9.10. The van der Waals surface area contributed by atoms with Gasteiger partial charge < -0.3 is 9.15 Å². The van der Waals surface area contributed by atoms with Crippen molar-refractivity contribution in [2.75, 3.05) is 0 Å². The summed E-state index contributed by atoms with van der Waals surface area (Å²) in [7, 11) is 0. The number of halogens is 2. The lowest BCUT2D eigenvalue weighted by molar-refractivity contribution is 0.0730. The maximum atomic E-state index is 13.7. The Morgan fingerprint density at radius 2 is 1.75 bits per heavy atom. The second-order valence-electron chi connectivity index (χ2n) is 6.01. The molecule has 0 saturated heterocycles. The van der Waals surface area contributed by atoms with E-state index in [1.165, 1.54) is 42.7 Å². The fourth-order valence-electron chi connectivity index (χ4n) is 2.79. The molecule has 4 nitrogen and oxygen atoms in total. The fraction of sp³-hybridized carbons (Fsp3) is 0. The fourth-order valence-corrected chi connectivity index (χ4v) is 3.05. The van der Waals surface area contributed by atoms with Gasteiger partial charge in [0.1, 0.15) is 23.4 Å². The lowest BCUT2D eigenvalue weighted by Crippen LogP contribution is -2.11. The maximum absolute atomic E-state index is 13.7. The van der Waals surface area contributed by atoms with Crippen LogP contribution >= 0.6 is 15.9 Å². The van der Waals surface area contributed by atoms with E-state index >= 15 is 0 Å². The van der Waals surface area contributed by atoms with Crippen LogP contribution in [0.15, 0.2) is 86.7 Å². The van der Waals surface area contributed by atoms with E-state index in [1.54, 1.807) is 6.07 Å². The molecule has 6 heteroatoms. The van der Waals surface area contributed by atoms with Crippen LogP contribution in [0, 0.1) is 5.82 Å². The molecule has 1 heterocycles. The molecule has 28 heavy (non-hydrogen) atoms. The van der Waals surface area contributed by atoms with Gasteiger partial charge in [-0.15, -0.1) is 0 Å². The van der Waals surface area contributed by atoms with Gasteiger partial charge in [-0.1, -0.05) is 40.2 Å². The molecule has 0 aliphatic heterocycles. The van der Waals surface area contributed by atoms with Gasteiger partial charge in [-0.05, 0) is 42.0 Å². The van der Waals surface area contributed by atoms with Crippen molar-refractivity contribution in [3.8, 4) is 16.9 Å². The van der Waals surface area contributed by atoms with Crippen molar-refractivity contribution >= 4 is 32.9 Å². The van der Waals surface area contributed by atoms with Crippen molar-refractivity contribution in [2.45, 2.75) is 0 Å². The molecular formula is C22H12BrFO4. The maximum Gasteiger partial charge on any atom is 0.346 e. The summed E-state index contributed by atoms with van der Waals surface area (Å²) in [5.74, 6) is -1.34. The second-order valence-corrected chi connectivity index (χ2v) is 6.93. The minimum absolute atomic E-state index is 0.153. The number of hydrogen-bond donors (Lipinski definition) is 0. The van der Waals surface area contributed by atoms with Gasteiger partial charge >= 0.3 is 5.97 Å². The summed E-state index contributed by atoms with van der Waals surface area (Å²) in [6, 6.07) is 17.3. The minimum Gasteiger partial charge on any atom is -0.463 e. The summed E-state index contributed by atoms with van der Waals surface area (Å²) in [5.41, 5.74) is 1.06. The molecule has 0 amide bonds. The molecule has 0 N–H and O–H groups in total. The summed E-state index contributed by atoms with van der Waals surface area (Å²) in [6.07, 6.45) is 1.37. The Bertz CT molecular complexity index is 1250. The summed E-state index contributed by atoms with van der Waals surface area (Å²) >= 11 is 3.36. The van der Waals surface area contributed by atoms with Gasteiger partial charge in [0.25, 0.3) is 0 Å². The molecular weight excluding hydrogens is 427 g/mol. The number of fused-ring (bicyclic) bond motifs is 1. The van der Waals surface area contributed by atoms with Crippen LogP contribution in [-0.2, 0) is 0 Å². The summed E-state index contributed by atoms with van der Waals surface area (Å²) in [6.45, 7) is 0. The van der Waals surface area contributed by atoms with E-state index in [-0.39, 0.29) is 22.3 Å². The largest absolute Gasteiger partial charge is 0.463 e. The number of carbonyl (C=O) groups is 1. The zero-order chi connectivity index (χ0) is 19.7. The van der Waals surface area contributed by atoms with Gasteiger partial charge in [0, 0.05) is 10.5 Å². The standard InChI is InChI=1S/C22H12BrFO4/c23-14-7-5-13(6-8-14)18-12-27-20-11-15(9-10-17(20)21(18)25)28-22(26)16-3-1-2-4-19(16)24/h1-12H. The number of benzene rings is 3. The highest BCUT2D eigenvalue weighted by atomic mass is 79.9. The highest BCUT2D eigenvalue weighted by Crippen LogP contribution is 2.25. The molecule has 0 bridgehead atoms. The first-order valence-electron chi connectivity index (χ1n) is 8.31. The SMILES string of the molecule is O=C(Oc1ccc2c(=O)c(-c3ccc(Br)cc3)coc2c1)c1ccccc1F. The van der Waals surface area contributed by atoms with Crippen LogP contribution in [0.1, 0.15) is 10.4 Å². The Balaban J connectivity index is 1.68. The highest BCUT2D eigenvalue weighted by Gasteiger charge is 2.15. The zero-order valence-corrected chi connectivity index (χ0v) is 15.9. The summed E-state index contributed by atoms with van der Waals surface area (Å²) in [5, 5.41) is 0.353. The van der Waals surface area contributed by atoms with Gasteiger partial charge in [0.15, 0.2) is 5.43 Å². The summed E-state index contributed by atoms with van der Waals surface area (Å²) in [4.78, 5) is 24.9. The van der Waals surface area contributed by atoms with E-state index in [1.807, 2.05) is 24.3 Å². The van der Waals surface area contributed by atoms with Crippen LogP contribution in [0.3, 0.4) is 0 Å². The van der Waals surface area contributed by atoms with Crippen molar-refractivity contribution in [2.24, 2.45) is 0 Å².